The Morgan fingerprint density at radius 2 is 2.15 bits per heavy atom. The zero-order valence-electron chi connectivity index (χ0n) is 11.1. The molecular weight excluding hydrogens is 324 g/mol. The second-order valence-electron chi connectivity index (χ2n) is 4.45. The molecule has 106 valence electrons. The van der Waals surface area contributed by atoms with Crippen molar-refractivity contribution in [2.75, 3.05) is 12.4 Å². The van der Waals surface area contributed by atoms with Crippen molar-refractivity contribution in [1.29, 1.82) is 0 Å². The Labute approximate surface area is 125 Å². The van der Waals surface area contributed by atoms with E-state index < -0.39 is 11.4 Å². The summed E-state index contributed by atoms with van der Waals surface area (Å²) >= 11 is 3.22. The predicted molar refractivity (Wildman–Crippen MR) is 79.6 cm³/mol. The molecule has 0 bridgehead atoms. The number of anilines is 1. The lowest BCUT2D eigenvalue weighted by Gasteiger charge is -2.26. The second kappa shape index (κ2) is 5.58. The topological polar surface area (TPSA) is 77.5 Å². The third kappa shape index (κ3) is 2.80. The van der Waals surface area contributed by atoms with Gasteiger partial charge in [0.15, 0.2) is 10.2 Å². The third-order valence-electron chi connectivity index (χ3n) is 3.02. The Bertz CT molecular complexity index is 626. The second-order valence-corrected chi connectivity index (χ2v) is 5.23. The summed E-state index contributed by atoms with van der Waals surface area (Å²) in [5, 5.41) is 3.09. The molecule has 0 saturated carbocycles. The Hall–Kier alpha value is -1.95. The van der Waals surface area contributed by atoms with E-state index in [9.17, 15) is 4.79 Å². The third-order valence-corrected chi connectivity index (χ3v) is 3.45. The average molecular weight is 339 g/mol. The van der Waals surface area contributed by atoms with E-state index in [1.807, 2.05) is 18.2 Å². The van der Waals surface area contributed by atoms with Gasteiger partial charge >= 0.3 is 0 Å². The summed E-state index contributed by atoms with van der Waals surface area (Å²) in [4.78, 5) is 11.8. The van der Waals surface area contributed by atoms with E-state index in [4.69, 9.17) is 14.9 Å². The highest BCUT2D eigenvalue weighted by Crippen LogP contribution is 2.30. The fraction of sp³-hybridized carbons (Fsp3) is 0.214. The van der Waals surface area contributed by atoms with Gasteiger partial charge in [-0.05, 0) is 47.1 Å². The van der Waals surface area contributed by atoms with Gasteiger partial charge in [0.05, 0.1) is 7.11 Å². The number of rotatable bonds is 5. The van der Waals surface area contributed by atoms with Crippen molar-refractivity contribution in [3.8, 4) is 5.75 Å². The van der Waals surface area contributed by atoms with Crippen LogP contribution in [0.5, 0.6) is 5.75 Å². The van der Waals surface area contributed by atoms with Crippen LogP contribution >= 0.6 is 15.9 Å². The molecule has 5 nitrogen and oxygen atoms in total. The maximum atomic E-state index is 11.8. The van der Waals surface area contributed by atoms with Gasteiger partial charge in [-0.15, -0.1) is 0 Å². The molecule has 6 heteroatoms. The van der Waals surface area contributed by atoms with Gasteiger partial charge in [-0.2, -0.15) is 0 Å². The van der Waals surface area contributed by atoms with Crippen molar-refractivity contribution in [1.82, 2.24) is 0 Å². The molecule has 1 atom stereocenters. The SMILES string of the molecule is COc1cccc(NC(C)(C(N)=O)c2ccc(Br)o2)c1. The van der Waals surface area contributed by atoms with Gasteiger partial charge in [0.25, 0.3) is 5.91 Å². The van der Waals surface area contributed by atoms with Gasteiger partial charge in [0.2, 0.25) is 0 Å². The van der Waals surface area contributed by atoms with Crippen LogP contribution in [0.3, 0.4) is 0 Å². The Balaban J connectivity index is 2.36. The monoisotopic (exact) mass is 338 g/mol. The highest BCUT2D eigenvalue weighted by molar-refractivity contribution is 9.10. The number of ether oxygens (including phenoxy) is 1. The van der Waals surface area contributed by atoms with E-state index in [1.165, 1.54) is 0 Å². The number of hydrogen-bond donors (Lipinski definition) is 2. The zero-order chi connectivity index (χ0) is 14.8. The van der Waals surface area contributed by atoms with Crippen molar-refractivity contribution < 1.29 is 13.9 Å². The molecule has 2 rings (SSSR count). The predicted octanol–water partition coefficient (Wildman–Crippen LogP) is 2.86. The Morgan fingerprint density at radius 1 is 1.40 bits per heavy atom. The lowest BCUT2D eigenvalue weighted by atomic mass is 9.97. The minimum atomic E-state index is -1.15. The number of methoxy groups -OCH3 is 1. The normalized spacial score (nSPS) is 13.6. The van der Waals surface area contributed by atoms with E-state index in [1.54, 1.807) is 32.2 Å². The molecule has 1 amide bonds. The molecule has 0 aliphatic rings. The quantitative estimate of drug-likeness (QED) is 0.878. The number of carbonyl (C=O) groups is 1. The van der Waals surface area contributed by atoms with Crippen LogP contribution in [0.4, 0.5) is 5.69 Å². The largest absolute Gasteiger partial charge is 0.497 e. The number of primary amides is 1. The molecule has 1 aromatic heterocycles. The number of benzene rings is 1. The number of nitrogens with one attached hydrogen (secondary N) is 1. The van der Waals surface area contributed by atoms with E-state index >= 15 is 0 Å². The van der Waals surface area contributed by atoms with Crippen LogP contribution in [0.2, 0.25) is 0 Å². The first kappa shape index (κ1) is 14.5. The molecule has 0 radical (unpaired) electrons. The molecule has 20 heavy (non-hydrogen) atoms. The average Bonchev–Trinajstić information content (AvgIpc) is 2.86. The first-order valence-corrected chi connectivity index (χ1v) is 6.73. The molecule has 0 fully saturated rings. The molecule has 1 heterocycles. The number of hydrogen-bond acceptors (Lipinski definition) is 4. The molecule has 0 spiro atoms. The van der Waals surface area contributed by atoms with E-state index in [2.05, 4.69) is 21.2 Å². The summed E-state index contributed by atoms with van der Waals surface area (Å²) < 4.78 is 11.1. The Kier molecular flexibility index (Phi) is 4.04. The van der Waals surface area contributed by atoms with Gasteiger partial charge in [0, 0.05) is 11.8 Å². The molecule has 2 aromatic rings. The van der Waals surface area contributed by atoms with Crippen LogP contribution < -0.4 is 15.8 Å². The Morgan fingerprint density at radius 3 is 2.70 bits per heavy atom. The van der Waals surface area contributed by atoms with Crippen molar-refractivity contribution in [3.05, 3.63) is 46.8 Å². The van der Waals surface area contributed by atoms with Crippen LogP contribution in [0.25, 0.3) is 0 Å². The number of furan rings is 1. The van der Waals surface area contributed by atoms with Gasteiger partial charge in [-0.1, -0.05) is 6.07 Å². The first-order chi connectivity index (χ1) is 9.45. The van der Waals surface area contributed by atoms with Crippen molar-refractivity contribution >= 4 is 27.5 Å². The van der Waals surface area contributed by atoms with Crippen molar-refractivity contribution in [2.24, 2.45) is 5.73 Å². The summed E-state index contributed by atoms with van der Waals surface area (Å²) in [6, 6.07) is 10.6. The van der Waals surface area contributed by atoms with Crippen molar-refractivity contribution in [2.45, 2.75) is 12.5 Å². The minimum Gasteiger partial charge on any atom is -0.497 e. The summed E-state index contributed by atoms with van der Waals surface area (Å²) in [5.74, 6) is 0.573. The van der Waals surface area contributed by atoms with Crippen LogP contribution in [0.1, 0.15) is 12.7 Å². The van der Waals surface area contributed by atoms with Crippen LogP contribution in [0, 0.1) is 0 Å². The van der Waals surface area contributed by atoms with E-state index in [0.29, 0.717) is 21.9 Å². The summed E-state index contributed by atoms with van der Waals surface area (Å²) in [6.45, 7) is 1.67. The molecule has 0 aliphatic heterocycles. The summed E-state index contributed by atoms with van der Waals surface area (Å²) in [5.41, 5.74) is 5.07. The number of halogens is 1. The smallest absolute Gasteiger partial charge is 0.250 e. The highest BCUT2D eigenvalue weighted by atomic mass is 79.9. The standard InChI is InChI=1S/C14H15BrN2O3/c1-14(13(16)18,11-6-7-12(15)20-11)17-9-4-3-5-10(8-9)19-2/h3-8,17H,1-2H3,(H2,16,18). The van der Waals surface area contributed by atoms with E-state index in [-0.39, 0.29) is 0 Å². The van der Waals surface area contributed by atoms with E-state index in [0.717, 1.165) is 0 Å². The lowest BCUT2D eigenvalue weighted by Crippen LogP contribution is -2.44. The summed E-state index contributed by atoms with van der Waals surface area (Å²) in [6.07, 6.45) is 0. The minimum absolute atomic E-state index is 0.430. The first-order valence-electron chi connectivity index (χ1n) is 5.93. The lowest BCUT2D eigenvalue weighted by molar-refractivity contribution is -0.122. The fourth-order valence-electron chi connectivity index (χ4n) is 1.82. The van der Waals surface area contributed by atoms with Crippen LogP contribution in [-0.2, 0) is 10.3 Å². The molecule has 0 aliphatic carbocycles. The van der Waals surface area contributed by atoms with Crippen LogP contribution in [-0.4, -0.2) is 13.0 Å². The van der Waals surface area contributed by atoms with Crippen molar-refractivity contribution in [3.63, 3.8) is 0 Å². The van der Waals surface area contributed by atoms with Gasteiger partial charge in [-0.3, -0.25) is 4.79 Å². The number of carbonyl (C=O) groups excluding carboxylic acids is 1. The molecule has 3 N–H and O–H groups in total. The van der Waals surface area contributed by atoms with Gasteiger partial charge < -0.3 is 20.2 Å². The van der Waals surface area contributed by atoms with Gasteiger partial charge in [-0.25, -0.2) is 0 Å². The molecular formula is C14H15BrN2O3. The number of amides is 1. The molecule has 1 unspecified atom stereocenters. The zero-order valence-corrected chi connectivity index (χ0v) is 12.7. The number of nitrogens with two attached hydrogens (primary N) is 1. The summed E-state index contributed by atoms with van der Waals surface area (Å²) in [7, 11) is 1.58. The fourth-order valence-corrected chi connectivity index (χ4v) is 2.12. The maximum Gasteiger partial charge on any atom is 0.250 e. The molecule has 0 saturated heterocycles. The molecule has 1 aromatic carbocycles. The maximum absolute atomic E-state index is 11.8. The van der Waals surface area contributed by atoms with Gasteiger partial charge in [0.1, 0.15) is 11.5 Å². The highest BCUT2D eigenvalue weighted by Gasteiger charge is 2.36. The van der Waals surface area contributed by atoms with Crippen LogP contribution in [0.15, 0.2) is 45.5 Å².